The van der Waals surface area contributed by atoms with Gasteiger partial charge in [-0.05, 0) is 12.1 Å². The zero-order valence-corrected chi connectivity index (χ0v) is 18.6. The van der Waals surface area contributed by atoms with Crippen LogP contribution in [0.4, 0.5) is 5.69 Å². The molecule has 4 heterocycles. The van der Waals surface area contributed by atoms with E-state index in [1.165, 1.54) is 0 Å². The SMILES string of the molecule is CCC(=O)[N+]12CC=NC=C(C3=C(c4cccc5ccoc45)C(=O)NC3=O)c3cccc(c31)CC2. The third kappa shape index (κ3) is 2.74. The molecule has 0 fully saturated rings. The first-order valence-corrected chi connectivity index (χ1v) is 11.4. The van der Waals surface area contributed by atoms with E-state index in [0.29, 0.717) is 36.2 Å². The monoisotopic (exact) mass is 452 g/mol. The topological polar surface area (TPSA) is 88.7 Å². The van der Waals surface area contributed by atoms with Crippen LogP contribution in [-0.2, 0) is 20.8 Å². The van der Waals surface area contributed by atoms with E-state index in [4.69, 9.17) is 4.42 Å². The van der Waals surface area contributed by atoms with E-state index < -0.39 is 11.8 Å². The largest absolute Gasteiger partial charge is 0.464 e. The van der Waals surface area contributed by atoms with Gasteiger partial charge < -0.3 is 4.42 Å². The Bertz CT molecular complexity index is 1510. The minimum atomic E-state index is -0.485. The number of carbonyl (C=O) groups is 3. The highest BCUT2D eigenvalue weighted by Gasteiger charge is 2.47. The quantitative estimate of drug-likeness (QED) is 0.484. The molecule has 1 unspecified atom stereocenters. The summed E-state index contributed by atoms with van der Waals surface area (Å²) in [7, 11) is 0. The number of carbonyl (C=O) groups excluding carboxylic acids is 3. The van der Waals surface area contributed by atoms with E-state index in [2.05, 4.69) is 10.3 Å². The number of fused-ring (bicyclic) bond motifs is 1. The molecule has 0 bridgehead atoms. The molecule has 3 aliphatic heterocycles. The highest BCUT2D eigenvalue weighted by atomic mass is 16.3. The van der Waals surface area contributed by atoms with Crippen LogP contribution in [-0.4, -0.2) is 37.0 Å². The maximum absolute atomic E-state index is 13.3. The minimum absolute atomic E-state index is 0.111. The Morgan fingerprint density at radius 1 is 1.06 bits per heavy atom. The third-order valence-electron chi connectivity index (χ3n) is 7.03. The van der Waals surface area contributed by atoms with E-state index in [-0.39, 0.29) is 21.5 Å². The van der Waals surface area contributed by atoms with Crippen molar-refractivity contribution in [3.63, 3.8) is 0 Å². The Morgan fingerprint density at radius 3 is 2.71 bits per heavy atom. The summed E-state index contributed by atoms with van der Waals surface area (Å²) in [4.78, 5) is 44.0. The second kappa shape index (κ2) is 7.46. The summed E-state index contributed by atoms with van der Waals surface area (Å²) in [6.07, 6.45) is 6.09. The van der Waals surface area contributed by atoms with Gasteiger partial charge in [-0.3, -0.25) is 19.9 Å². The molecule has 0 saturated carbocycles. The maximum atomic E-state index is 13.3. The number of hydrogen-bond acceptors (Lipinski definition) is 5. The van der Waals surface area contributed by atoms with Crippen LogP contribution >= 0.6 is 0 Å². The highest BCUT2D eigenvalue weighted by Crippen LogP contribution is 2.46. The maximum Gasteiger partial charge on any atom is 0.318 e. The number of imide groups is 1. The van der Waals surface area contributed by atoms with Crippen LogP contribution in [0, 0.1) is 0 Å². The fraction of sp³-hybridized carbons (Fsp3) is 0.185. The number of aliphatic imine (C=N–C) groups is 1. The summed E-state index contributed by atoms with van der Waals surface area (Å²) < 4.78 is 5.86. The van der Waals surface area contributed by atoms with Crippen molar-refractivity contribution in [2.24, 2.45) is 4.99 Å². The number of benzene rings is 2. The van der Waals surface area contributed by atoms with Crippen molar-refractivity contribution in [3.05, 3.63) is 77.2 Å². The van der Waals surface area contributed by atoms with E-state index >= 15 is 0 Å². The number of rotatable bonds is 3. The van der Waals surface area contributed by atoms with Gasteiger partial charge in [-0.15, -0.1) is 0 Å². The molecular formula is C27H22N3O4+. The average Bonchev–Trinajstić information content (AvgIpc) is 3.53. The molecule has 3 amide bonds. The average molecular weight is 452 g/mol. The van der Waals surface area contributed by atoms with E-state index in [9.17, 15) is 14.4 Å². The van der Waals surface area contributed by atoms with Gasteiger partial charge in [0.25, 0.3) is 11.8 Å². The lowest BCUT2D eigenvalue weighted by Crippen LogP contribution is -2.54. The molecule has 7 nitrogen and oxygen atoms in total. The first-order valence-electron chi connectivity index (χ1n) is 11.4. The molecule has 1 N–H and O–H groups in total. The smallest absolute Gasteiger partial charge is 0.318 e. The Kier molecular flexibility index (Phi) is 4.50. The summed E-state index contributed by atoms with van der Waals surface area (Å²) in [6.45, 7) is 2.99. The Hall–Kier alpha value is -4.10. The number of amides is 3. The number of furan rings is 1. The van der Waals surface area contributed by atoms with Crippen LogP contribution in [0.15, 0.2) is 69.9 Å². The van der Waals surface area contributed by atoms with Crippen molar-refractivity contribution < 1.29 is 18.8 Å². The molecule has 6 rings (SSSR count). The molecule has 168 valence electrons. The lowest BCUT2D eigenvalue weighted by molar-refractivity contribution is -0.129. The standard InChI is InChI=1S/C27H21N3O4/c1-2-21(31)30-12-9-16-5-3-7-18(24(16)30)20(15-28-11-13-30)23-22(26(32)29-27(23)33)19-8-4-6-17-10-14-34-25(17)19/h3-8,10-11,14-15H,2,9,12-13H2,1H3/p+1. The van der Waals surface area contributed by atoms with Gasteiger partial charge in [0, 0.05) is 40.3 Å². The molecule has 7 heteroatoms. The summed E-state index contributed by atoms with van der Waals surface area (Å²) in [5, 5.41) is 3.30. The van der Waals surface area contributed by atoms with Crippen LogP contribution in [0.1, 0.15) is 30.0 Å². The second-order valence-corrected chi connectivity index (χ2v) is 8.74. The van der Waals surface area contributed by atoms with Crippen molar-refractivity contribution in [1.82, 2.24) is 9.80 Å². The molecule has 2 aromatic carbocycles. The Balaban J connectivity index is 1.66. The van der Waals surface area contributed by atoms with Gasteiger partial charge in [0.15, 0.2) is 5.69 Å². The van der Waals surface area contributed by atoms with Gasteiger partial charge in [0.05, 0.1) is 36.6 Å². The molecular weight excluding hydrogens is 430 g/mol. The summed E-state index contributed by atoms with van der Waals surface area (Å²) in [5.41, 5.74) is 4.87. The molecule has 34 heavy (non-hydrogen) atoms. The zero-order chi connectivity index (χ0) is 23.4. The first-order chi connectivity index (χ1) is 16.5. The van der Waals surface area contributed by atoms with Crippen LogP contribution in [0.2, 0.25) is 0 Å². The number of hydrogen-bond donors (Lipinski definition) is 1. The van der Waals surface area contributed by atoms with E-state index in [0.717, 1.165) is 28.6 Å². The molecule has 3 aliphatic rings. The lowest BCUT2D eigenvalue weighted by Gasteiger charge is -2.32. The van der Waals surface area contributed by atoms with Crippen LogP contribution < -0.4 is 9.80 Å². The highest BCUT2D eigenvalue weighted by molar-refractivity contribution is 6.41. The third-order valence-corrected chi connectivity index (χ3v) is 7.03. The van der Waals surface area contributed by atoms with Gasteiger partial charge >= 0.3 is 5.91 Å². The van der Waals surface area contributed by atoms with Crippen LogP contribution in [0.3, 0.4) is 0 Å². The van der Waals surface area contributed by atoms with Crippen LogP contribution in [0.5, 0.6) is 0 Å². The van der Waals surface area contributed by atoms with Crippen molar-refractivity contribution in [2.45, 2.75) is 19.8 Å². The number of nitrogens with one attached hydrogen (secondary N) is 1. The predicted molar refractivity (Wildman–Crippen MR) is 130 cm³/mol. The number of quaternary nitrogens is 1. The number of nitrogens with zero attached hydrogens (tertiary/aromatic N) is 2. The van der Waals surface area contributed by atoms with Crippen molar-refractivity contribution >= 4 is 51.7 Å². The minimum Gasteiger partial charge on any atom is -0.464 e. The molecule has 3 aromatic rings. The number of para-hydroxylation sites is 2. The molecule has 1 aromatic heterocycles. The second-order valence-electron chi connectivity index (χ2n) is 8.74. The van der Waals surface area contributed by atoms with Gasteiger partial charge in [-0.2, -0.15) is 0 Å². The summed E-state index contributed by atoms with van der Waals surface area (Å²) in [5.74, 6) is -0.852. The van der Waals surface area contributed by atoms with Crippen LogP contribution in [0.25, 0.3) is 22.1 Å². The summed E-state index contributed by atoms with van der Waals surface area (Å²) >= 11 is 0. The molecule has 0 saturated heterocycles. The van der Waals surface area contributed by atoms with Gasteiger partial charge in [0.2, 0.25) is 0 Å². The first kappa shape index (κ1) is 20.5. The van der Waals surface area contributed by atoms with Crippen molar-refractivity contribution in [3.8, 4) is 0 Å². The van der Waals surface area contributed by atoms with Gasteiger partial charge in [-0.1, -0.05) is 37.3 Å². The zero-order valence-electron chi connectivity index (χ0n) is 18.6. The molecule has 0 radical (unpaired) electrons. The lowest BCUT2D eigenvalue weighted by atomic mass is 9.89. The van der Waals surface area contributed by atoms with E-state index in [1.807, 2.05) is 43.3 Å². The van der Waals surface area contributed by atoms with Gasteiger partial charge in [-0.25, -0.2) is 9.28 Å². The Morgan fingerprint density at radius 2 is 1.85 bits per heavy atom. The predicted octanol–water partition coefficient (Wildman–Crippen LogP) is 3.77. The van der Waals surface area contributed by atoms with Crippen molar-refractivity contribution in [1.29, 1.82) is 0 Å². The molecule has 0 spiro atoms. The summed E-state index contributed by atoms with van der Waals surface area (Å²) in [6, 6.07) is 13.2. The van der Waals surface area contributed by atoms with Gasteiger partial charge in [0.1, 0.15) is 12.1 Å². The molecule has 0 aliphatic carbocycles. The van der Waals surface area contributed by atoms with E-state index in [1.54, 1.807) is 24.7 Å². The molecule has 1 atom stereocenters. The van der Waals surface area contributed by atoms with Crippen molar-refractivity contribution in [2.75, 3.05) is 13.1 Å². The fourth-order valence-corrected chi connectivity index (χ4v) is 5.52. The Labute approximate surface area is 195 Å². The normalized spacial score (nSPS) is 21.4. The fourth-order valence-electron chi connectivity index (χ4n) is 5.52.